The molecule has 0 spiro atoms. The summed E-state index contributed by atoms with van der Waals surface area (Å²) in [6.45, 7) is 0.289. The van der Waals surface area contributed by atoms with Gasteiger partial charge in [0.25, 0.3) is 0 Å². The molecule has 2 heterocycles. The second-order valence-corrected chi connectivity index (χ2v) is 7.54. The highest BCUT2D eigenvalue weighted by molar-refractivity contribution is 5.79. The lowest BCUT2D eigenvalue weighted by Crippen LogP contribution is -2.34. The van der Waals surface area contributed by atoms with Crippen molar-refractivity contribution in [1.29, 1.82) is 0 Å². The molecule has 0 amide bonds. The third-order valence-electron chi connectivity index (χ3n) is 6.19. The van der Waals surface area contributed by atoms with E-state index in [2.05, 4.69) is 0 Å². The number of carbonyl (C=O) groups is 1. The molecule has 166 valence electrons. The maximum absolute atomic E-state index is 12.7. The molecule has 3 aliphatic rings. The SMILES string of the molecule is COc1cc([C@@H]2c3cc4c(cc3[C@H](O)[C@H]3COC(=O)[C@H]23)OCO4)cc(OC)c1OC.O. The van der Waals surface area contributed by atoms with Crippen LogP contribution >= 0.6 is 0 Å². The number of aliphatic hydroxyl groups excluding tert-OH is 1. The summed E-state index contributed by atoms with van der Waals surface area (Å²) in [6.07, 6.45) is -0.843. The third kappa shape index (κ3) is 3.03. The molecule has 1 saturated heterocycles. The Kier molecular flexibility index (Phi) is 5.32. The quantitative estimate of drug-likeness (QED) is 0.723. The van der Waals surface area contributed by atoms with Gasteiger partial charge in [-0.1, -0.05) is 0 Å². The molecular formula is C22H24O9. The molecule has 0 unspecified atom stereocenters. The summed E-state index contributed by atoms with van der Waals surface area (Å²) in [7, 11) is 4.63. The summed E-state index contributed by atoms with van der Waals surface area (Å²) in [5.74, 6) is 0.989. The molecule has 2 aromatic carbocycles. The van der Waals surface area contributed by atoms with Crippen molar-refractivity contribution < 1.29 is 43.8 Å². The summed E-state index contributed by atoms with van der Waals surface area (Å²) in [5.41, 5.74) is 2.30. The van der Waals surface area contributed by atoms with Gasteiger partial charge in [0, 0.05) is 11.8 Å². The van der Waals surface area contributed by atoms with Crippen LogP contribution in [-0.4, -0.2) is 51.3 Å². The molecule has 0 bridgehead atoms. The second-order valence-electron chi connectivity index (χ2n) is 7.54. The molecule has 0 radical (unpaired) electrons. The van der Waals surface area contributed by atoms with Crippen molar-refractivity contribution in [3.05, 3.63) is 41.0 Å². The molecule has 0 saturated carbocycles. The molecule has 31 heavy (non-hydrogen) atoms. The van der Waals surface area contributed by atoms with E-state index in [4.69, 9.17) is 28.4 Å². The largest absolute Gasteiger partial charge is 0.493 e. The molecule has 2 aromatic rings. The molecule has 9 nitrogen and oxygen atoms in total. The molecule has 1 fully saturated rings. The van der Waals surface area contributed by atoms with E-state index < -0.39 is 12.0 Å². The number of rotatable bonds is 4. The molecule has 0 aromatic heterocycles. The predicted octanol–water partition coefficient (Wildman–Crippen LogP) is 1.58. The second kappa shape index (κ2) is 7.82. The van der Waals surface area contributed by atoms with Gasteiger partial charge in [0.05, 0.1) is 40.0 Å². The highest BCUT2D eigenvalue weighted by Gasteiger charge is 2.52. The van der Waals surface area contributed by atoms with Crippen molar-refractivity contribution in [1.82, 2.24) is 0 Å². The first-order chi connectivity index (χ1) is 14.6. The lowest BCUT2D eigenvalue weighted by atomic mass is 9.66. The standard InChI is InChI=1S/C22H22O8.H2O/c1-25-16-4-10(5-17(26-2)21(16)27-3)18-11-6-14-15(30-9-29-14)7-12(11)20(23)13-8-28-22(24)19(13)18;/h4-7,13,18-20,23H,8-9H2,1-3H3;1H2/t13-,18+,19-,20-;/m0./s1. The normalized spacial score (nSPS) is 25.1. The van der Waals surface area contributed by atoms with E-state index in [1.165, 1.54) is 7.11 Å². The van der Waals surface area contributed by atoms with Gasteiger partial charge in [-0.15, -0.1) is 0 Å². The number of cyclic esters (lactones) is 1. The first kappa shape index (κ1) is 21.1. The lowest BCUT2D eigenvalue weighted by Gasteiger charge is -2.37. The van der Waals surface area contributed by atoms with Crippen molar-refractivity contribution in [2.24, 2.45) is 11.8 Å². The van der Waals surface area contributed by atoms with Crippen molar-refractivity contribution in [2.45, 2.75) is 12.0 Å². The highest BCUT2D eigenvalue weighted by Crippen LogP contribution is 2.55. The first-order valence-electron chi connectivity index (χ1n) is 9.65. The van der Waals surface area contributed by atoms with E-state index in [1.807, 2.05) is 18.2 Å². The van der Waals surface area contributed by atoms with E-state index in [-0.39, 0.29) is 36.7 Å². The van der Waals surface area contributed by atoms with Crippen molar-refractivity contribution >= 4 is 5.97 Å². The predicted molar refractivity (Wildman–Crippen MR) is 107 cm³/mol. The van der Waals surface area contributed by atoms with Crippen LogP contribution in [0.5, 0.6) is 28.7 Å². The number of esters is 1. The highest BCUT2D eigenvalue weighted by atomic mass is 16.7. The number of ether oxygens (including phenoxy) is 6. The zero-order valence-electron chi connectivity index (χ0n) is 17.3. The van der Waals surface area contributed by atoms with Crippen LogP contribution in [0.1, 0.15) is 28.7 Å². The Morgan fingerprint density at radius 1 is 0.903 bits per heavy atom. The Morgan fingerprint density at radius 2 is 1.52 bits per heavy atom. The average Bonchev–Trinajstić information content (AvgIpc) is 3.38. The third-order valence-corrected chi connectivity index (χ3v) is 6.19. The number of hydrogen-bond acceptors (Lipinski definition) is 8. The lowest BCUT2D eigenvalue weighted by molar-refractivity contribution is -0.141. The van der Waals surface area contributed by atoms with E-state index in [0.29, 0.717) is 34.3 Å². The van der Waals surface area contributed by atoms with Crippen molar-refractivity contribution in [3.8, 4) is 28.7 Å². The minimum Gasteiger partial charge on any atom is -0.493 e. The fourth-order valence-corrected chi connectivity index (χ4v) is 4.81. The molecule has 1 aliphatic carbocycles. The molecule has 3 N–H and O–H groups in total. The van der Waals surface area contributed by atoms with Crippen LogP contribution in [0.25, 0.3) is 0 Å². The van der Waals surface area contributed by atoms with Gasteiger partial charge in [-0.2, -0.15) is 0 Å². The van der Waals surface area contributed by atoms with Crippen molar-refractivity contribution in [3.63, 3.8) is 0 Å². The number of benzene rings is 2. The number of fused-ring (bicyclic) bond motifs is 3. The van der Waals surface area contributed by atoms with E-state index in [0.717, 1.165) is 11.1 Å². The molecule has 5 rings (SSSR count). The summed E-state index contributed by atoms with van der Waals surface area (Å²) in [5, 5.41) is 11.0. The molecule has 4 atom stereocenters. The van der Waals surface area contributed by atoms with E-state index in [1.54, 1.807) is 20.3 Å². The fourth-order valence-electron chi connectivity index (χ4n) is 4.81. The van der Waals surface area contributed by atoms with Gasteiger partial charge in [-0.3, -0.25) is 4.79 Å². The van der Waals surface area contributed by atoms with E-state index in [9.17, 15) is 9.90 Å². The number of aliphatic hydroxyl groups is 1. The Bertz CT molecular complexity index is 993. The van der Waals surface area contributed by atoms with Gasteiger partial charge < -0.3 is 39.0 Å². The molecule has 9 heteroatoms. The van der Waals surface area contributed by atoms with Crippen LogP contribution < -0.4 is 23.7 Å². The Balaban J connectivity index is 0.00000231. The van der Waals surface area contributed by atoms with Crippen LogP contribution in [0.2, 0.25) is 0 Å². The first-order valence-corrected chi connectivity index (χ1v) is 9.65. The van der Waals surface area contributed by atoms with Crippen molar-refractivity contribution in [2.75, 3.05) is 34.7 Å². The molecular weight excluding hydrogens is 408 g/mol. The van der Waals surface area contributed by atoms with Crippen LogP contribution in [0, 0.1) is 11.8 Å². The van der Waals surface area contributed by atoms with Crippen LogP contribution in [-0.2, 0) is 9.53 Å². The minimum absolute atomic E-state index is 0. The van der Waals surface area contributed by atoms with E-state index >= 15 is 0 Å². The zero-order valence-corrected chi connectivity index (χ0v) is 17.3. The summed E-state index contributed by atoms with van der Waals surface area (Å²) < 4.78 is 32.9. The summed E-state index contributed by atoms with van der Waals surface area (Å²) >= 11 is 0. The summed E-state index contributed by atoms with van der Waals surface area (Å²) in [6, 6.07) is 7.31. The topological polar surface area (TPSA) is 124 Å². The minimum atomic E-state index is -0.843. The van der Waals surface area contributed by atoms with Gasteiger partial charge >= 0.3 is 5.97 Å². The fraction of sp³-hybridized carbons (Fsp3) is 0.409. The Morgan fingerprint density at radius 3 is 2.10 bits per heavy atom. The summed E-state index contributed by atoms with van der Waals surface area (Å²) in [4.78, 5) is 12.7. The Hall–Kier alpha value is -3.17. The van der Waals surface area contributed by atoms with Gasteiger partial charge in [-0.05, 0) is 41.0 Å². The van der Waals surface area contributed by atoms with Gasteiger partial charge in [-0.25, -0.2) is 0 Å². The monoisotopic (exact) mass is 432 g/mol. The maximum atomic E-state index is 12.7. The smallest absolute Gasteiger partial charge is 0.310 e. The number of carbonyl (C=O) groups excluding carboxylic acids is 1. The van der Waals surface area contributed by atoms with Gasteiger partial charge in [0.15, 0.2) is 23.0 Å². The van der Waals surface area contributed by atoms with Crippen LogP contribution in [0.15, 0.2) is 24.3 Å². The van der Waals surface area contributed by atoms with Gasteiger partial charge in [0.2, 0.25) is 12.5 Å². The number of hydrogen-bond donors (Lipinski definition) is 1. The average molecular weight is 432 g/mol. The van der Waals surface area contributed by atoms with Crippen LogP contribution in [0.4, 0.5) is 0 Å². The number of methoxy groups -OCH3 is 3. The van der Waals surface area contributed by atoms with Crippen LogP contribution in [0.3, 0.4) is 0 Å². The zero-order chi connectivity index (χ0) is 21.0. The van der Waals surface area contributed by atoms with Gasteiger partial charge in [0.1, 0.15) is 0 Å². The molecule has 2 aliphatic heterocycles. The maximum Gasteiger partial charge on any atom is 0.310 e. The Labute approximate surface area is 178 Å².